The lowest BCUT2D eigenvalue weighted by atomic mass is 9.83. The standard InChI is InChI=1S/C10H18O2/c1-6-7(11)4-10(2,3)5-8-9(6)12-8/h6-9,11H,4-5H2,1-3H3. The van der Waals surface area contributed by atoms with Crippen molar-refractivity contribution in [3.8, 4) is 0 Å². The number of aliphatic hydroxyl groups excluding tert-OH is 1. The fourth-order valence-corrected chi connectivity index (χ4v) is 2.38. The Morgan fingerprint density at radius 1 is 1.33 bits per heavy atom. The second-order valence-corrected chi connectivity index (χ2v) is 5.14. The molecule has 0 aromatic carbocycles. The van der Waals surface area contributed by atoms with Crippen LogP contribution < -0.4 is 0 Å². The number of epoxide rings is 1. The molecule has 1 heterocycles. The molecule has 1 aliphatic heterocycles. The molecule has 0 radical (unpaired) electrons. The smallest absolute Gasteiger partial charge is 0.0892 e. The summed E-state index contributed by atoms with van der Waals surface area (Å²) in [6.45, 7) is 6.52. The van der Waals surface area contributed by atoms with Gasteiger partial charge in [0.25, 0.3) is 0 Å². The molecule has 4 atom stereocenters. The number of hydrogen-bond acceptors (Lipinski definition) is 2. The van der Waals surface area contributed by atoms with Gasteiger partial charge in [0.1, 0.15) is 0 Å². The van der Waals surface area contributed by atoms with Crippen LogP contribution in [0.5, 0.6) is 0 Å². The molecule has 2 aliphatic rings. The molecule has 1 aliphatic carbocycles. The summed E-state index contributed by atoms with van der Waals surface area (Å²) in [5.74, 6) is 0.330. The van der Waals surface area contributed by atoms with Crippen molar-refractivity contribution < 1.29 is 9.84 Å². The molecule has 0 amide bonds. The minimum absolute atomic E-state index is 0.169. The number of aliphatic hydroxyl groups is 1. The van der Waals surface area contributed by atoms with Gasteiger partial charge in [-0.25, -0.2) is 0 Å². The van der Waals surface area contributed by atoms with Crippen LogP contribution in [0.1, 0.15) is 33.6 Å². The molecule has 0 aromatic rings. The van der Waals surface area contributed by atoms with Crippen molar-refractivity contribution in [2.75, 3.05) is 0 Å². The van der Waals surface area contributed by atoms with Gasteiger partial charge in [-0.3, -0.25) is 0 Å². The maximum Gasteiger partial charge on any atom is 0.0892 e. The monoisotopic (exact) mass is 170 g/mol. The molecule has 0 aromatic heterocycles. The van der Waals surface area contributed by atoms with Gasteiger partial charge in [0.15, 0.2) is 0 Å². The molecule has 0 spiro atoms. The Hall–Kier alpha value is -0.0800. The summed E-state index contributed by atoms with van der Waals surface area (Å²) in [5.41, 5.74) is 0.254. The van der Waals surface area contributed by atoms with Gasteiger partial charge in [-0.05, 0) is 18.3 Å². The van der Waals surface area contributed by atoms with Crippen molar-refractivity contribution >= 4 is 0 Å². The van der Waals surface area contributed by atoms with Gasteiger partial charge in [-0.2, -0.15) is 0 Å². The Morgan fingerprint density at radius 2 is 2.00 bits per heavy atom. The van der Waals surface area contributed by atoms with Gasteiger partial charge in [0, 0.05) is 5.92 Å². The van der Waals surface area contributed by atoms with E-state index in [4.69, 9.17) is 4.74 Å². The van der Waals surface area contributed by atoms with Gasteiger partial charge < -0.3 is 9.84 Å². The van der Waals surface area contributed by atoms with E-state index in [9.17, 15) is 5.11 Å². The van der Waals surface area contributed by atoms with Crippen LogP contribution in [-0.2, 0) is 4.74 Å². The molecule has 70 valence electrons. The van der Waals surface area contributed by atoms with Crippen molar-refractivity contribution in [1.82, 2.24) is 0 Å². The van der Waals surface area contributed by atoms with Crippen LogP contribution in [0.3, 0.4) is 0 Å². The molecular formula is C10H18O2. The molecule has 0 bridgehead atoms. The summed E-state index contributed by atoms with van der Waals surface area (Å²) >= 11 is 0. The zero-order valence-corrected chi connectivity index (χ0v) is 8.08. The first-order valence-corrected chi connectivity index (χ1v) is 4.83. The molecule has 1 N–H and O–H groups in total. The molecule has 2 rings (SSSR count). The second-order valence-electron chi connectivity index (χ2n) is 5.14. The van der Waals surface area contributed by atoms with Crippen molar-refractivity contribution in [3.63, 3.8) is 0 Å². The molecule has 2 nitrogen and oxygen atoms in total. The Kier molecular flexibility index (Phi) is 1.74. The second kappa shape index (κ2) is 2.46. The largest absolute Gasteiger partial charge is 0.393 e. The summed E-state index contributed by atoms with van der Waals surface area (Å²) in [6.07, 6.45) is 2.65. The summed E-state index contributed by atoms with van der Waals surface area (Å²) in [4.78, 5) is 0. The quantitative estimate of drug-likeness (QED) is 0.560. The predicted octanol–water partition coefficient (Wildman–Crippen LogP) is 1.57. The third-order valence-corrected chi connectivity index (χ3v) is 3.26. The molecule has 1 saturated heterocycles. The maximum atomic E-state index is 9.81. The zero-order chi connectivity index (χ0) is 8.93. The lowest BCUT2D eigenvalue weighted by molar-refractivity contribution is 0.0518. The summed E-state index contributed by atoms with van der Waals surface area (Å²) in [5, 5.41) is 9.81. The highest BCUT2D eigenvalue weighted by Gasteiger charge is 2.51. The van der Waals surface area contributed by atoms with E-state index in [-0.39, 0.29) is 11.5 Å². The summed E-state index contributed by atoms with van der Waals surface area (Å²) < 4.78 is 5.52. The van der Waals surface area contributed by atoms with E-state index < -0.39 is 0 Å². The first-order chi connectivity index (χ1) is 5.49. The van der Waals surface area contributed by atoms with Crippen LogP contribution in [-0.4, -0.2) is 23.4 Å². The topological polar surface area (TPSA) is 32.8 Å². The highest BCUT2D eigenvalue weighted by molar-refractivity contribution is 4.99. The van der Waals surface area contributed by atoms with Gasteiger partial charge in [-0.15, -0.1) is 0 Å². The van der Waals surface area contributed by atoms with E-state index in [1.165, 1.54) is 0 Å². The molecular weight excluding hydrogens is 152 g/mol. The molecule has 2 fully saturated rings. The molecule has 1 saturated carbocycles. The maximum absolute atomic E-state index is 9.81. The Balaban J connectivity index is 2.11. The highest BCUT2D eigenvalue weighted by atomic mass is 16.6. The Labute approximate surface area is 73.9 Å². The average Bonchev–Trinajstić information content (AvgIpc) is 2.62. The van der Waals surface area contributed by atoms with E-state index in [0.717, 1.165) is 12.8 Å². The van der Waals surface area contributed by atoms with E-state index in [2.05, 4.69) is 20.8 Å². The van der Waals surface area contributed by atoms with Crippen molar-refractivity contribution in [1.29, 1.82) is 0 Å². The van der Waals surface area contributed by atoms with Crippen LogP contribution in [0, 0.1) is 11.3 Å². The van der Waals surface area contributed by atoms with E-state index >= 15 is 0 Å². The van der Waals surface area contributed by atoms with Crippen LogP contribution in [0.4, 0.5) is 0 Å². The van der Waals surface area contributed by atoms with E-state index in [1.807, 2.05) is 0 Å². The number of rotatable bonds is 0. The SMILES string of the molecule is CC1C(O)CC(C)(C)CC2OC21. The molecule has 12 heavy (non-hydrogen) atoms. The number of hydrogen-bond donors (Lipinski definition) is 1. The Morgan fingerprint density at radius 3 is 2.67 bits per heavy atom. The first-order valence-electron chi connectivity index (χ1n) is 4.83. The minimum atomic E-state index is -0.169. The van der Waals surface area contributed by atoms with E-state index in [1.54, 1.807) is 0 Å². The normalized spacial score (nSPS) is 51.0. The lowest BCUT2D eigenvalue weighted by Crippen LogP contribution is -2.25. The summed E-state index contributed by atoms with van der Waals surface area (Å²) in [6, 6.07) is 0. The van der Waals surface area contributed by atoms with Crippen LogP contribution in [0.2, 0.25) is 0 Å². The van der Waals surface area contributed by atoms with Crippen molar-refractivity contribution in [2.24, 2.45) is 11.3 Å². The molecule has 4 unspecified atom stereocenters. The van der Waals surface area contributed by atoms with Crippen molar-refractivity contribution in [2.45, 2.75) is 51.9 Å². The number of ether oxygens (including phenoxy) is 1. The lowest BCUT2D eigenvalue weighted by Gasteiger charge is -2.26. The number of fused-ring (bicyclic) bond motifs is 1. The van der Waals surface area contributed by atoms with Crippen LogP contribution >= 0.6 is 0 Å². The van der Waals surface area contributed by atoms with Gasteiger partial charge >= 0.3 is 0 Å². The van der Waals surface area contributed by atoms with Gasteiger partial charge in [0.2, 0.25) is 0 Å². The fraction of sp³-hybridized carbons (Fsp3) is 1.00. The van der Waals surface area contributed by atoms with Gasteiger partial charge in [-0.1, -0.05) is 20.8 Å². The van der Waals surface area contributed by atoms with Crippen LogP contribution in [0.25, 0.3) is 0 Å². The average molecular weight is 170 g/mol. The van der Waals surface area contributed by atoms with Gasteiger partial charge in [0.05, 0.1) is 18.3 Å². The summed E-state index contributed by atoms with van der Waals surface area (Å²) in [7, 11) is 0. The third kappa shape index (κ3) is 1.38. The minimum Gasteiger partial charge on any atom is -0.393 e. The highest BCUT2D eigenvalue weighted by Crippen LogP contribution is 2.46. The van der Waals surface area contributed by atoms with Crippen LogP contribution in [0.15, 0.2) is 0 Å². The predicted molar refractivity (Wildman–Crippen MR) is 46.8 cm³/mol. The Bertz CT molecular complexity index is 188. The van der Waals surface area contributed by atoms with Crippen molar-refractivity contribution in [3.05, 3.63) is 0 Å². The fourth-order valence-electron chi connectivity index (χ4n) is 2.38. The molecule has 2 heteroatoms. The third-order valence-electron chi connectivity index (χ3n) is 3.26. The first kappa shape index (κ1) is 8.52. The zero-order valence-electron chi connectivity index (χ0n) is 8.08. The van der Waals surface area contributed by atoms with E-state index in [0.29, 0.717) is 18.1 Å².